The van der Waals surface area contributed by atoms with E-state index in [-0.39, 0.29) is 18.0 Å². The van der Waals surface area contributed by atoms with Crippen molar-refractivity contribution < 1.29 is 14.1 Å². The predicted molar refractivity (Wildman–Crippen MR) is 111 cm³/mol. The highest BCUT2D eigenvalue weighted by Crippen LogP contribution is 2.20. The summed E-state index contributed by atoms with van der Waals surface area (Å²) in [5.41, 5.74) is 3.07. The Bertz CT molecular complexity index is 849. The second-order valence-corrected chi connectivity index (χ2v) is 7.67. The lowest BCUT2D eigenvalue weighted by atomic mass is 10.1. The van der Waals surface area contributed by atoms with E-state index in [4.69, 9.17) is 4.52 Å². The number of carbonyl (C=O) groups excluding carboxylic acids is 2. The Morgan fingerprint density at radius 2 is 1.83 bits per heavy atom. The highest BCUT2D eigenvalue weighted by Gasteiger charge is 2.25. The Balaban J connectivity index is 1.61. The van der Waals surface area contributed by atoms with Gasteiger partial charge >= 0.3 is 6.03 Å². The van der Waals surface area contributed by atoms with Gasteiger partial charge in [-0.05, 0) is 39.8 Å². The van der Waals surface area contributed by atoms with Crippen LogP contribution in [0.5, 0.6) is 0 Å². The normalized spacial score (nSPS) is 14.9. The zero-order valence-corrected chi connectivity index (χ0v) is 17.5. The van der Waals surface area contributed by atoms with Gasteiger partial charge in [-0.1, -0.05) is 17.3 Å². The summed E-state index contributed by atoms with van der Waals surface area (Å²) < 4.78 is 5.24. The first-order valence-electron chi connectivity index (χ1n) is 9.95. The lowest BCUT2D eigenvalue weighted by Gasteiger charge is -2.35. The predicted octanol–water partition coefficient (Wildman–Crippen LogP) is 2.78. The molecule has 0 atom stereocenters. The van der Waals surface area contributed by atoms with Crippen LogP contribution in [0.1, 0.15) is 41.2 Å². The van der Waals surface area contributed by atoms with E-state index >= 15 is 0 Å². The molecule has 1 saturated heterocycles. The number of piperazine rings is 1. The molecule has 156 valence electrons. The lowest BCUT2D eigenvalue weighted by molar-refractivity contribution is 0.0628. The SMILES string of the molecule is Cc1noc(C)c1CN1CCN(C(=O)c2ccccc2NC(=O)NC(C)C)CC1. The first-order chi connectivity index (χ1) is 13.8. The monoisotopic (exact) mass is 399 g/mol. The first kappa shape index (κ1) is 20.9. The molecule has 8 heteroatoms. The highest BCUT2D eigenvalue weighted by molar-refractivity contribution is 6.03. The average Bonchev–Trinajstić information content (AvgIpc) is 3.00. The van der Waals surface area contributed by atoms with Crippen molar-refractivity contribution in [1.82, 2.24) is 20.3 Å². The summed E-state index contributed by atoms with van der Waals surface area (Å²) in [6.07, 6.45) is 0. The number of hydrogen-bond donors (Lipinski definition) is 2. The van der Waals surface area contributed by atoms with Gasteiger partial charge in [-0.2, -0.15) is 0 Å². The number of aryl methyl sites for hydroxylation is 2. The first-order valence-corrected chi connectivity index (χ1v) is 9.95. The van der Waals surface area contributed by atoms with Crippen molar-refractivity contribution in [2.75, 3.05) is 31.5 Å². The maximum absolute atomic E-state index is 13.1. The Labute approximate surface area is 171 Å². The van der Waals surface area contributed by atoms with E-state index < -0.39 is 0 Å². The third kappa shape index (κ3) is 5.14. The topological polar surface area (TPSA) is 90.7 Å². The van der Waals surface area contributed by atoms with Gasteiger partial charge in [0.05, 0.1) is 16.9 Å². The second-order valence-electron chi connectivity index (χ2n) is 7.67. The fourth-order valence-electron chi connectivity index (χ4n) is 3.43. The lowest BCUT2D eigenvalue weighted by Crippen LogP contribution is -2.48. The van der Waals surface area contributed by atoms with Gasteiger partial charge in [-0.3, -0.25) is 9.69 Å². The fourth-order valence-corrected chi connectivity index (χ4v) is 3.43. The van der Waals surface area contributed by atoms with E-state index in [1.165, 1.54) is 0 Å². The molecule has 8 nitrogen and oxygen atoms in total. The van der Waals surface area contributed by atoms with E-state index in [1.54, 1.807) is 12.1 Å². The second kappa shape index (κ2) is 9.09. The molecule has 0 radical (unpaired) electrons. The number of benzene rings is 1. The van der Waals surface area contributed by atoms with Crippen molar-refractivity contribution in [3.8, 4) is 0 Å². The molecule has 1 aliphatic heterocycles. The standard InChI is InChI=1S/C21H29N5O3/c1-14(2)22-21(28)23-19-8-6-5-7-17(19)20(27)26-11-9-25(10-12-26)13-18-15(3)24-29-16(18)4/h5-8,14H,9-13H2,1-4H3,(H2,22,23,28). The molecule has 0 aliphatic carbocycles. The van der Waals surface area contributed by atoms with Crippen molar-refractivity contribution >= 4 is 17.6 Å². The minimum atomic E-state index is -0.315. The largest absolute Gasteiger partial charge is 0.361 e. The molecule has 29 heavy (non-hydrogen) atoms. The third-order valence-electron chi connectivity index (χ3n) is 5.05. The molecule has 3 amide bonds. The van der Waals surface area contributed by atoms with Gasteiger partial charge in [-0.15, -0.1) is 0 Å². The summed E-state index contributed by atoms with van der Waals surface area (Å²) in [5, 5.41) is 9.58. The molecule has 3 rings (SSSR count). The van der Waals surface area contributed by atoms with Crippen LogP contribution in [0.2, 0.25) is 0 Å². The Kier molecular flexibility index (Phi) is 6.53. The maximum atomic E-state index is 13.1. The van der Waals surface area contributed by atoms with Gasteiger partial charge in [0.15, 0.2) is 0 Å². The molecule has 1 aromatic heterocycles. The number of nitrogens with zero attached hydrogens (tertiary/aromatic N) is 3. The summed E-state index contributed by atoms with van der Waals surface area (Å²) in [7, 11) is 0. The number of nitrogens with one attached hydrogen (secondary N) is 2. The van der Waals surface area contributed by atoms with Crippen LogP contribution in [0.3, 0.4) is 0 Å². The number of aromatic nitrogens is 1. The molecule has 0 bridgehead atoms. The van der Waals surface area contributed by atoms with Crippen LogP contribution in [-0.4, -0.2) is 59.1 Å². The molecular formula is C21H29N5O3. The average molecular weight is 399 g/mol. The molecule has 2 aromatic rings. The summed E-state index contributed by atoms with van der Waals surface area (Å²) in [4.78, 5) is 29.3. The number of carbonyl (C=O) groups is 2. The maximum Gasteiger partial charge on any atom is 0.319 e. The van der Waals surface area contributed by atoms with Gasteiger partial charge in [0.25, 0.3) is 5.91 Å². The van der Waals surface area contributed by atoms with Gasteiger partial charge in [0.2, 0.25) is 0 Å². The summed E-state index contributed by atoms with van der Waals surface area (Å²) in [5.74, 6) is 0.781. The van der Waals surface area contributed by atoms with E-state index in [1.807, 2.05) is 44.7 Å². The summed E-state index contributed by atoms with van der Waals surface area (Å²) in [6.45, 7) is 11.2. The minimum Gasteiger partial charge on any atom is -0.361 e. The number of anilines is 1. The molecule has 0 saturated carbocycles. The van der Waals surface area contributed by atoms with E-state index in [2.05, 4.69) is 20.7 Å². The summed E-state index contributed by atoms with van der Waals surface area (Å²) in [6, 6.07) is 6.83. The van der Waals surface area contributed by atoms with Crippen LogP contribution >= 0.6 is 0 Å². The molecule has 2 N–H and O–H groups in total. The van der Waals surface area contributed by atoms with Gasteiger partial charge < -0.3 is 20.1 Å². The highest BCUT2D eigenvalue weighted by atomic mass is 16.5. The van der Waals surface area contributed by atoms with Crippen LogP contribution in [-0.2, 0) is 6.54 Å². The van der Waals surface area contributed by atoms with Crippen LogP contribution < -0.4 is 10.6 Å². The molecule has 1 aliphatic rings. The summed E-state index contributed by atoms with van der Waals surface area (Å²) >= 11 is 0. The van der Waals surface area contributed by atoms with Gasteiger partial charge in [-0.25, -0.2) is 4.79 Å². The van der Waals surface area contributed by atoms with Crippen molar-refractivity contribution in [3.63, 3.8) is 0 Å². The molecule has 2 heterocycles. The van der Waals surface area contributed by atoms with E-state index in [0.29, 0.717) is 24.3 Å². The van der Waals surface area contributed by atoms with Crippen LogP contribution in [0.15, 0.2) is 28.8 Å². The van der Waals surface area contributed by atoms with Crippen molar-refractivity contribution in [1.29, 1.82) is 0 Å². The van der Waals surface area contributed by atoms with Crippen LogP contribution in [0.4, 0.5) is 10.5 Å². The van der Waals surface area contributed by atoms with E-state index in [9.17, 15) is 9.59 Å². The Morgan fingerprint density at radius 3 is 2.45 bits per heavy atom. The Morgan fingerprint density at radius 1 is 1.14 bits per heavy atom. The van der Waals surface area contributed by atoms with E-state index in [0.717, 1.165) is 36.7 Å². The van der Waals surface area contributed by atoms with Crippen molar-refractivity contribution in [2.24, 2.45) is 0 Å². The third-order valence-corrected chi connectivity index (χ3v) is 5.05. The quantitative estimate of drug-likeness (QED) is 0.807. The van der Waals surface area contributed by atoms with Crippen molar-refractivity contribution in [2.45, 2.75) is 40.3 Å². The van der Waals surface area contributed by atoms with Crippen LogP contribution in [0, 0.1) is 13.8 Å². The smallest absolute Gasteiger partial charge is 0.319 e. The number of para-hydroxylation sites is 1. The number of rotatable bonds is 5. The Hall–Kier alpha value is -2.87. The molecule has 0 unspecified atom stereocenters. The molecule has 1 fully saturated rings. The molecule has 1 aromatic carbocycles. The number of amides is 3. The number of urea groups is 1. The number of hydrogen-bond acceptors (Lipinski definition) is 5. The van der Waals surface area contributed by atoms with Crippen molar-refractivity contribution in [3.05, 3.63) is 46.8 Å². The van der Waals surface area contributed by atoms with Gasteiger partial charge in [0.1, 0.15) is 5.76 Å². The molecule has 0 spiro atoms. The fraction of sp³-hybridized carbons (Fsp3) is 0.476. The van der Waals surface area contributed by atoms with Gasteiger partial charge in [0, 0.05) is 44.3 Å². The molecular weight excluding hydrogens is 370 g/mol. The zero-order chi connectivity index (χ0) is 21.0. The zero-order valence-electron chi connectivity index (χ0n) is 17.5. The minimum absolute atomic E-state index is 0.0173. The van der Waals surface area contributed by atoms with Crippen LogP contribution in [0.25, 0.3) is 0 Å².